The Balaban J connectivity index is 1.46. The first kappa shape index (κ1) is 19.5. The smallest absolute Gasteiger partial charge is 0.317 e. The van der Waals surface area contributed by atoms with Gasteiger partial charge in [0.25, 0.3) is 0 Å². The molecule has 1 aliphatic carbocycles. The van der Waals surface area contributed by atoms with Crippen molar-refractivity contribution in [2.75, 3.05) is 19.7 Å². The fourth-order valence-electron chi connectivity index (χ4n) is 4.06. The maximum atomic E-state index is 12.6. The normalized spacial score (nSPS) is 19.9. The minimum absolute atomic E-state index is 0.0340. The number of carbonyl (C=O) groups excluding carboxylic acids is 2. The molecule has 3 rings (SSSR count). The van der Waals surface area contributed by atoms with Gasteiger partial charge in [-0.1, -0.05) is 25.0 Å². The lowest BCUT2D eigenvalue weighted by atomic mass is 10.0. The molecule has 1 saturated carbocycles. The molecule has 0 radical (unpaired) electrons. The maximum Gasteiger partial charge on any atom is 0.317 e. The van der Waals surface area contributed by atoms with Crippen LogP contribution < -0.4 is 15.4 Å². The fourth-order valence-corrected chi connectivity index (χ4v) is 4.06. The van der Waals surface area contributed by atoms with E-state index in [0.29, 0.717) is 25.6 Å². The molecule has 2 aliphatic rings. The Morgan fingerprint density at radius 1 is 1.11 bits per heavy atom. The van der Waals surface area contributed by atoms with Gasteiger partial charge in [-0.2, -0.15) is 0 Å². The highest BCUT2D eigenvalue weighted by Gasteiger charge is 2.29. The molecule has 0 spiro atoms. The van der Waals surface area contributed by atoms with Crippen LogP contribution in [0.3, 0.4) is 0 Å². The second-order valence-corrected chi connectivity index (χ2v) is 7.38. The number of likely N-dealkylation sites (tertiary alicyclic amines) is 1. The van der Waals surface area contributed by atoms with E-state index in [2.05, 4.69) is 10.6 Å². The Labute approximate surface area is 161 Å². The second kappa shape index (κ2) is 9.62. The molecule has 0 aromatic heterocycles. The highest BCUT2D eigenvalue weighted by molar-refractivity contribution is 5.78. The summed E-state index contributed by atoms with van der Waals surface area (Å²) < 4.78 is 5.49. The molecule has 2 N–H and O–H groups in total. The monoisotopic (exact) mass is 373 g/mol. The van der Waals surface area contributed by atoms with Crippen LogP contribution in [0.4, 0.5) is 4.79 Å². The summed E-state index contributed by atoms with van der Waals surface area (Å²) in [6.45, 7) is 3.73. The summed E-state index contributed by atoms with van der Waals surface area (Å²) in [5.41, 5.74) is 1.13. The molecular formula is C21H31N3O3. The van der Waals surface area contributed by atoms with Gasteiger partial charge in [-0.15, -0.1) is 0 Å². The zero-order valence-electron chi connectivity index (χ0n) is 16.2. The van der Waals surface area contributed by atoms with Crippen LogP contribution in [0.1, 0.15) is 63.5 Å². The molecule has 1 unspecified atom stereocenters. The number of urea groups is 1. The van der Waals surface area contributed by atoms with Gasteiger partial charge >= 0.3 is 6.03 Å². The summed E-state index contributed by atoms with van der Waals surface area (Å²) in [6.07, 6.45) is 6.85. The van der Waals surface area contributed by atoms with Crippen molar-refractivity contribution in [3.8, 4) is 5.75 Å². The summed E-state index contributed by atoms with van der Waals surface area (Å²) in [5, 5.41) is 5.97. The van der Waals surface area contributed by atoms with Crippen molar-refractivity contribution in [3.05, 3.63) is 29.8 Å². The summed E-state index contributed by atoms with van der Waals surface area (Å²) in [6, 6.07) is 8.33. The molecule has 1 saturated heterocycles. The van der Waals surface area contributed by atoms with E-state index >= 15 is 0 Å². The molecule has 0 bridgehead atoms. The largest absolute Gasteiger partial charge is 0.494 e. The third kappa shape index (κ3) is 5.37. The molecule has 1 aromatic rings. The Morgan fingerprint density at radius 2 is 1.85 bits per heavy atom. The molecule has 6 heteroatoms. The molecule has 148 valence electrons. The summed E-state index contributed by atoms with van der Waals surface area (Å²) in [5.74, 6) is 0.884. The zero-order valence-corrected chi connectivity index (χ0v) is 16.2. The lowest BCUT2D eigenvalue weighted by Gasteiger charge is -2.25. The van der Waals surface area contributed by atoms with Gasteiger partial charge < -0.3 is 20.3 Å². The maximum absolute atomic E-state index is 12.6. The molecule has 1 aromatic carbocycles. The van der Waals surface area contributed by atoms with Crippen LogP contribution in [0.25, 0.3) is 0 Å². The van der Waals surface area contributed by atoms with E-state index in [9.17, 15) is 9.59 Å². The van der Waals surface area contributed by atoms with Gasteiger partial charge in [0.05, 0.1) is 12.6 Å². The molecule has 2 fully saturated rings. The minimum Gasteiger partial charge on any atom is -0.494 e. The highest BCUT2D eigenvalue weighted by Crippen LogP contribution is 2.32. The highest BCUT2D eigenvalue weighted by atomic mass is 16.5. The van der Waals surface area contributed by atoms with E-state index in [1.807, 2.05) is 36.1 Å². The van der Waals surface area contributed by atoms with Crippen molar-refractivity contribution in [2.24, 2.45) is 0 Å². The first-order valence-electron chi connectivity index (χ1n) is 10.2. The number of ether oxygens (including phenoxy) is 1. The molecule has 27 heavy (non-hydrogen) atoms. The lowest BCUT2D eigenvalue weighted by Crippen LogP contribution is -2.41. The number of hydrogen-bond acceptors (Lipinski definition) is 3. The first-order valence-corrected chi connectivity index (χ1v) is 10.2. The van der Waals surface area contributed by atoms with Gasteiger partial charge in [0.2, 0.25) is 5.91 Å². The van der Waals surface area contributed by atoms with Gasteiger partial charge in [-0.05, 0) is 50.3 Å². The summed E-state index contributed by atoms with van der Waals surface area (Å²) >= 11 is 0. The standard InChI is InChI=1S/C21H31N3O3/c1-2-27-18-11-9-16(10-12-18)19-8-5-15-24(19)21(26)22-14-13-20(25)23-17-6-3-4-7-17/h9-12,17,19H,2-8,13-15H2,1H3,(H,22,26)(H,23,25). The molecule has 1 atom stereocenters. The topological polar surface area (TPSA) is 70.7 Å². The van der Waals surface area contributed by atoms with Gasteiger partial charge in [-0.3, -0.25) is 4.79 Å². The fraction of sp³-hybridized carbons (Fsp3) is 0.619. The minimum atomic E-state index is -0.0833. The van der Waals surface area contributed by atoms with Crippen LogP contribution in [-0.2, 0) is 4.79 Å². The third-order valence-corrected chi connectivity index (χ3v) is 5.44. The third-order valence-electron chi connectivity index (χ3n) is 5.44. The van der Waals surface area contributed by atoms with Crippen LogP contribution >= 0.6 is 0 Å². The van der Waals surface area contributed by atoms with Crippen molar-refractivity contribution in [2.45, 2.75) is 64.0 Å². The molecule has 1 heterocycles. The Kier molecular flexibility index (Phi) is 6.96. The molecule has 3 amide bonds. The van der Waals surface area contributed by atoms with E-state index in [1.54, 1.807) is 0 Å². The first-order chi connectivity index (χ1) is 13.2. The zero-order chi connectivity index (χ0) is 19.1. The second-order valence-electron chi connectivity index (χ2n) is 7.38. The van der Waals surface area contributed by atoms with Crippen LogP contribution in [0.15, 0.2) is 24.3 Å². The van der Waals surface area contributed by atoms with Crippen molar-refractivity contribution in [1.82, 2.24) is 15.5 Å². The molecule has 6 nitrogen and oxygen atoms in total. The van der Waals surface area contributed by atoms with E-state index in [-0.39, 0.29) is 18.0 Å². The van der Waals surface area contributed by atoms with E-state index in [0.717, 1.165) is 43.5 Å². The quantitative estimate of drug-likeness (QED) is 0.770. The van der Waals surface area contributed by atoms with Crippen molar-refractivity contribution >= 4 is 11.9 Å². The Hall–Kier alpha value is -2.24. The van der Waals surface area contributed by atoms with Crippen LogP contribution in [-0.4, -0.2) is 42.6 Å². The molecular weight excluding hydrogens is 342 g/mol. The lowest BCUT2D eigenvalue weighted by molar-refractivity contribution is -0.121. The SMILES string of the molecule is CCOc1ccc(C2CCCN2C(=O)NCCC(=O)NC2CCCC2)cc1. The predicted octanol–water partition coefficient (Wildman–Crippen LogP) is 3.38. The number of amides is 3. The average Bonchev–Trinajstić information content (AvgIpc) is 3.34. The van der Waals surface area contributed by atoms with Crippen molar-refractivity contribution in [1.29, 1.82) is 0 Å². The molecule has 1 aliphatic heterocycles. The van der Waals surface area contributed by atoms with Crippen molar-refractivity contribution < 1.29 is 14.3 Å². The van der Waals surface area contributed by atoms with Gasteiger partial charge in [0, 0.05) is 25.6 Å². The predicted molar refractivity (Wildman–Crippen MR) is 105 cm³/mol. The summed E-state index contributed by atoms with van der Waals surface area (Å²) in [4.78, 5) is 26.4. The van der Waals surface area contributed by atoms with Crippen molar-refractivity contribution in [3.63, 3.8) is 0 Å². The van der Waals surface area contributed by atoms with E-state index in [4.69, 9.17) is 4.74 Å². The number of carbonyl (C=O) groups is 2. The van der Waals surface area contributed by atoms with Gasteiger partial charge in [0.1, 0.15) is 5.75 Å². The Morgan fingerprint density at radius 3 is 2.56 bits per heavy atom. The number of nitrogens with zero attached hydrogens (tertiary/aromatic N) is 1. The van der Waals surface area contributed by atoms with Crippen LogP contribution in [0, 0.1) is 0 Å². The van der Waals surface area contributed by atoms with Gasteiger partial charge in [0.15, 0.2) is 0 Å². The number of rotatable bonds is 7. The van der Waals surface area contributed by atoms with E-state index in [1.165, 1.54) is 12.8 Å². The number of nitrogens with one attached hydrogen (secondary N) is 2. The van der Waals surface area contributed by atoms with Gasteiger partial charge in [-0.25, -0.2) is 4.79 Å². The average molecular weight is 373 g/mol. The van der Waals surface area contributed by atoms with Crippen LogP contribution in [0.2, 0.25) is 0 Å². The Bertz CT molecular complexity index is 626. The number of benzene rings is 1. The van der Waals surface area contributed by atoms with E-state index < -0.39 is 0 Å². The van der Waals surface area contributed by atoms with Crippen LogP contribution in [0.5, 0.6) is 5.75 Å². The number of hydrogen-bond donors (Lipinski definition) is 2. The summed E-state index contributed by atoms with van der Waals surface area (Å²) in [7, 11) is 0.